The number of fused-ring (bicyclic) bond motifs is 1. The van der Waals surface area contributed by atoms with Crippen molar-refractivity contribution in [1.29, 1.82) is 0 Å². The second-order valence-electron chi connectivity index (χ2n) is 6.84. The number of aromatic nitrogens is 1. The van der Waals surface area contributed by atoms with Gasteiger partial charge in [0.1, 0.15) is 5.01 Å². The number of anilines is 1. The van der Waals surface area contributed by atoms with Crippen LogP contribution in [0.2, 0.25) is 5.02 Å². The average molecular weight is 404 g/mol. The van der Waals surface area contributed by atoms with E-state index in [1.54, 1.807) is 17.4 Å². The molecule has 2 aromatic carbocycles. The summed E-state index contributed by atoms with van der Waals surface area (Å²) in [5.41, 5.74) is 1.98. The quantitative estimate of drug-likeness (QED) is 0.556. The molecule has 3 rings (SSSR count). The first-order valence-electron chi connectivity index (χ1n) is 8.02. The molecule has 0 aliphatic carbocycles. The minimum absolute atomic E-state index is 0.143. The van der Waals surface area contributed by atoms with Crippen LogP contribution in [0.15, 0.2) is 42.5 Å². The minimum atomic E-state index is -0.516. The number of nitrogens with zero attached hydrogens (tertiary/aromatic N) is 1. The smallest absolute Gasteiger partial charge is 0.231 e. The Balaban J connectivity index is 1.84. The third kappa shape index (κ3) is 4.20. The first kappa shape index (κ1) is 18.8. The number of thiazole rings is 1. The number of hydrogen-bond acceptors (Lipinski definition) is 4. The highest BCUT2D eigenvalue weighted by Crippen LogP contribution is 2.35. The largest absolute Gasteiger partial charge is 0.332 e. The fourth-order valence-corrected chi connectivity index (χ4v) is 3.68. The summed E-state index contributed by atoms with van der Waals surface area (Å²) in [5.74, 6) is -0.143. The topological polar surface area (TPSA) is 54.0 Å². The summed E-state index contributed by atoms with van der Waals surface area (Å²) in [6.45, 7) is 5.50. The van der Waals surface area contributed by atoms with E-state index in [1.165, 1.54) is 0 Å². The molecule has 0 radical (unpaired) electrons. The van der Waals surface area contributed by atoms with Crippen LogP contribution in [0.4, 0.5) is 5.69 Å². The number of carbonyl (C=O) groups is 1. The van der Waals surface area contributed by atoms with Crippen molar-refractivity contribution in [3.8, 4) is 10.6 Å². The van der Waals surface area contributed by atoms with Crippen LogP contribution in [-0.4, -0.2) is 16.0 Å². The van der Waals surface area contributed by atoms with Crippen molar-refractivity contribution in [2.75, 3.05) is 5.32 Å². The van der Waals surface area contributed by atoms with Gasteiger partial charge in [-0.15, -0.1) is 11.3 Å². The molecule has 1 aromatic heterocycles. The molecule has 0 saturated carbocycles. The Morgan fingerprint density at radius 2 is 1.92 bits per heavy atom. The van der Waals surface area contributed by atoms with Gasteiger partial charge >= 0.3 is 0 Å². The molecule has 0 bridgehead atoms. The number of para-hydroxylation sites is 1. The lowest BCUT2D eigenvalue weighted by atomic mass is 9.96. The van der Waals surface area contributed by atoms with E-state index in [9.17, 15) is 4.79 Å². The Labute approximate surface area is 166 Å². The predicted octanol–water partition coefficient (Wildman–Crippen LogP) is 5.48. The lowest BCUT2D eigenvalue weighted by Gasteiger charge is -2.18. The van der Waals surface area contributed by atoms with E-state index in [4.69, 9.17) is 23.8 Å². The molecule has 0 aliphatic heterocycles. The SMILES string of the molecule is CC(C)(C)C(=O)NC(=S)Nc1ccc(Cl)c(-c2nc3ccccc3s2)c1. The van der Waals surface area contributed by atoms with Crippen molar-refractivity contribution in [3.63, 3.8) is 0 Å². The number of thiocarbonyl (C=S) groups is 1. The van der Waals surface area contributed by atoms with Crippen molar-refractivity contribution in [3.05, 3.63) is 47.5 Å². The molecule has 1 amide bonds. The molecule has 3 aromatic rings. The first-order valence-corrected chi connectivity index (χ1v) is 9.62. The molecule has 26 heavy (non-hydrogen) atoms. The van der Waals surface area contributed by atoms with Crippen LogP contribution in [0, 0.1) is 5.41 Å². The van der Waals surface area contributed by atoms with Gasteiger partial charge in [-0.05, 0) is 42.5 Å². The highest BCUT2D eigenvalue weighted by molar-refractivity contribution is 7.80. The first-order chi connectivity index (χ1) is 12.2. The van der Waals surface area contributed by atoms with Crippen LogP contribution in [-0.2, 0) is 4.79 Å². The number of amides is 1. The fourth-order valence-electron chi connectivity index (χ4n) is 2.21. The molecule has 7 heteroatoms. The summed E-state index contributed by atoms with van der Waals surface area (Å²) in [6.07, 6.45) is 0. The van der Waals surface area contributed by atoms with Crippen molar-refractivity contribution in [2.24, 2.45) is 5.41 Å². The zero-order valence-electron chi connectivity index (χ0n) is 14.6. The Morgan fingerprint density at radius 3 is 2.62 bits per heavy atom. The predicted molar refractivity (Wildman–Crippen MR) is 114 cm³/mol. The van der Waals surface area contributed by atoms with Gasteiger partial charge in [0.2, 0.25) is 5.91 Å². The normalized spacial score (nSPS) is 11.4. The number of benzene rings is 2. The maximum Gasteiger partial charge on any atom is 0.231 e. The summed E-state index contributed by atoms with van der Waals surface area (Å²) in [4.78, 5) is 16.7. The summed E-state index contributed by atoms with van der Waals surface area (Å²) in [7, 11) is 0. The summed E-state index contributed by atoms with van der Waals surface area (Å²) in [6, 6.07) is 13.4. The molecule has 0 spiro atoms. The lowest BCUT2D eigenvalue weighted by Crippen LogP contribution is -2.41. The molecule has 0 unspecified atom stereocenters. The second kappa shape index (κ2) is 7.31. The molecule has 0 atom stereocenters. The molecular weight excluding hydrogens is 386 g/mol. The summed E-state index contributed by atoms with van der Waals surface area (Å²) < 4.78 is 1.10. The average Bonchev–Trinajstić information content (AvgIpc) is 2.99. The van der Waals surface area contributed by atoms with E-state index in [0.717, 1.165) is 26.5 Å². The van der Waals surface area contributed by atoms with E-state index in [1.807, 2.05) is 57.2 Å². The minimum Gasteiger partial charge on any atom is -0.332 e. The van der Waals surface area contributed by atoms with Gasteiger partial charge in [0.25, 0.3) is 0 Å². The zero-order chi connectivity index (χ0) is 18.9. The maximum absolute atomic E-state index is 12.0. The molecule has 2 N–H and O–H groups in total. The highest BCUT2D eigenvalue weighted by Gasteiger charge is 2.22. The van der Waals surface area contributed by atoms with Crippen molar-refractivity contribution in [2.45, 2.75) is 20.8 Å². The third-order valence-electron chi connectivity index (χ3n) is 3.66. The molecule has 0 fully saturated rings. The van der Waals surface area contributed by atoms with E-state index < -0.39 is 5.41 Å². The van der Waals surface area contributed by atoms with Crippen LogP contribution >= 0.6 is 35.2 Å². The van der Waals surface area contributed by atoms with Gasteiger partial charge in [0, 0.05) is 16.7 Å². The third-order valence-corrected chi connectivity index (χ3v) is 5.26. The monoisotopic (exact) mass is 403 g/mol. The molecule has 0 saturated heterocycles. The van der Waals surface area contributed by atoms with E-state index in [0.29, 0.717) is 5.02 Å². The molecule has 0 aliphatic rings. The molecule has 134 valence electrons. The van der Waals surface area contributed by atoms with Gasteiger partial charge in [0.15, 0.2) is 5.11 Å². The number of carbonyl (C=O) groups excluding carboxylic acids is 1. The van der Waals surface area contributed by atoms with Crippen LogP contribution < -0.4 is 10.6 Å². The lowest BCUT2D eigenvalue weighted by molar-refractivity contribution is -0.126. The van der Waals surface area contributed by atoms with Crippen LogP contribution in [0.5, 0.6) is 0 Å². The zero-order valence-corrected chi connectivity index (χ0v) is 17.0. The number of halogens is 1. The molecule has 1 heterocycles. The number of rotatable bonds is 2. The van der Waals surface area contributed by atoms with Crippen LogP contribution in [0.25, 0.3) is 20.8 Å². The molecular formula is C19H18ClN3OS2. The van der Waals surface area contributed by atoms with Crippen molar-refractivity contribution in [1.82, 2.24) is 10.3 Å². The van der Waals surface area contributed by atoms with Gasteiger partial charge in [-0.25, -0.2) is 4.98 Å². The summed E-state index contributed by atoms with van der Waals surface area (Å²) in [5, 5.41) is 7.43. The van der Waals surface area contributed by atoms with Crippen molar-refractivity contribution < 1.29 is 4.79 Å². The van der Waals surface area contributed by atoms with E-state index in [-0.39, 0.29) is 11.0 Å². The van der Waals surface area contributed by atoms with Gasteiger partial charge in [-0.2, -0.15) is 0 Å². The van der Waals surface area contributed by atoms with Gasteiger partial charge in [-0.1, -0.05) is 44.5 Å². The Bertz CT molecular complexity index is 959. The van der Waals surface area contributed by atoms with Crippen LogP contribution in [0.1, 0.15) is 20.8 Å². The fraction of sp³-hybridized carbons (Fsp3) is 0.211. The van der Waals surface area contributed by atoms with Gasteiger partial charge < -0.3 is 10.6 Å². The van der Waals surface area contributed by atoms with Gasteiger partial charge in [-0.3, -0.25) is 4.79 Å². The van der Waals surface area contributed by atoms with Crippen molar-refractivity contribution >= 4 is 62.1 Å². The van der Waals surface area contributed by atoms with Crippen LogP contribution in [0.3, 0.4) is 0 Å². The standard InChI is InChI=1S/C19H18ClN3OS2/c1-19(2,3)17(24)23-18(25)21-11-8-9-13(20)12(10-11)16-22-14-6-4-5-7-15(14)26-16/h4-10H,1-3H3,(H2,21,23,24,25). The Morgan fingerprint density at radius 1 is 1.19 bits per heavy atom. The molecule has 4 nitrogen and oxygen atoms in total. The Kier molecular flexibility index (Phi) is 5.27. The highest BCUT2D eigenvalue weighted by atomic mass is 35.5. The maximum atomic E-state index is 12.0. The second-order valence-corrected chi connectivity index (χ2v) is 8.69. The van der Waals surface area contributed by atoms with E-state index >= 15 is 0 Å². The van der Waals surface area contributed by atoms with Gasteiger partial charge in [0.05, 0.1) is 15.2 Å². The number of nitrogens with one attached hydrogen (secondary N) is 2. The van der Waals surface area contributed by atoms with E-state index in [2.05, 4.69) is 15.6 Å². The summed E-state index contributed by atoms with van der Waals surface area (Å²) >= 11 is 13.2. The Hall–Kier alpha value is -2.02. The number of hydrogen-bond donors (Lipinski definition) is 2.